The number of carbonyl (C=O) groups is 1. The van der Waals surface area contributed by atoms with Gasteiger partial charge >= 0.3 is 0 Å². The predicted octanol–water partition coefficient (Wildman–Crippen LogP) is 0.610. The summed E-state index contributed by atoms with van der Waals surface area (Å²) < 4.78 is 34.3. The van der Waals surface area contributed by atoms with Crippen LogP contribution in [0.1, 0.15) is 38.5 Å². The number of amides is 1. The van der Waals surface area contributed by atoms with Gasteiger partial charge in [0.25, 0.3) is 10.2 Å². The molecule has 9 heteroatoms. The van der Waals surface area contributed by atoms with Crippen molar-refractivity contribution in [3.05, 3.63) is 0 Å². The molecule has 3 aliphatic rings. The molecule has 0 radical (unpaired) electrons. The molecule has 0 spiro atoms. The van der Waals surface area contributed by atoms with Gasteiger partial charge in [0.15, 0.2) is 0 Å². The summed E-state index contributed by atoms with van der Waals surface area (Å²) in [7, 11) is -1.69. The van der Waals surface area contributed by atoms with E-state index in [2.05, 4.69) is 4.90 Å². The van der Waals surface area contributed by atoms with Crippen molar-refractivity contribution >= 4 is 16.1 Å². The molecule has 1 unspecified atom stereocenters. The average molecular weight is 417 g/mol. The fourth-order valence-corrected chi connectivity index (χ4v) is 6.26. The molecule has 0 saturated carbocycles. The van der Waals surface area contributed by atoms with Crippen molar-refractivity contribution in [2.45, 2.75) is 38.5 Å². The number of likely N-dealkylation sites (tertiary alicyclic amines) is 1. The Labute approximate surface area is 170 Å². The first-order valence-electron chi connectivity index (χ1n) is 10.8. The van der Waals surface area contributed by atoms with Crippen molar-refractivity contribution in [1.82, 2.24) is 18.4 Å². The maximum Gasteiger partial charge on any atom is 0.282 e. The van der Waals surface area contributed by atoms with E-state index in [-0.39, 0.29) is 11.8 Å². The number of rotatable bonds is 6. The van der Waals surface area contributed by atoms with Crippen LogP contribution in [-0.2, 0) is 19.7 Å². The molecule has 3 heterocycles. The van der Waals surface area contributed by atoms with Crippen LogP contribution in [0.3, 0.4) is 0 Å². The first kappa shape index (κ1) is 22.0. The Kier molecular flexibility index (Phi) is 8.11. The molecule has 28 heavy (non-hydrogen) atoms. The molecule has 3 rings (SSSR count). The molecular formula is C19H36N4O4S. The Bertz CT molecular complexity index is 609. The number of hydrogen-bond acceptors (Lipinski definition) is 5. The standard InChI is InChI=1S/C19H36N4O4S/c1-27-16-15-20-8-5-7-18(17-20)19(24)21-9-6-12-23(14-13-21)28(25,26)22-10-3-2-4-11-22/h18H,2-17H2,1H3. The lowest BCUT2D eigenvalue weighted by Crippen LogP contribution is -2.48. The third-order valence-electron chi connectivity index (χ3n) is 6.20. The van der Waals surface area contributed by atoms with Crippen LogP contribution in [0.25, 0.3) is 0 Å². The maximum absolute atomic E-state index is 13.1. The first-order valence-corrected chi connectivity index (χ1v) is 12.2. The average Bonchev–Trinajstić information content (AvgIpc) is 2.99. The molecule has 1 atom stereocenters. The van der Waals surface area contributed by atoms with Gasteiger partial charge in [0.2, 0.25) is 5.91 Å². The van der Waals surface area contributed by atoms with Crippen LogP contribution in [0.15, 0.2) is 0 Å². The summed E-state index contributed by atoms with van der Waals surface area (Å²) in [5.41, 5.74) is 0. The summed E-state index contributed by atoms with van der Waals surface area (Å²) in [6, 6.07) is 0. The molecule has 3 saturated heterocycles. The number of ether oxygens (including phenoxy) is 1. The zero-order valence-corrected chi connectivity index (χ0v) is 18.0. The number of methoxy groups -OCH3 is 1. The molecule has 0 aromatic rings. The van der Waals surface area contributed by atoms with Crippen molar-refractivity contribution in [2.24, 2.45) is 5.92 Å². The van der Waals surface area contributed by atoms with E-state index in [9.17, 15) is 13.2 Å². The highest BCUT2D eigenvalue weighted by atomic mass is 32.2. The SMILES string of the molecule is COCCN1CCCC(C(=O)N2CCCN(S(=O)(=O)N3CCCCC3)CC2)C1. The second-order valence-electron chi connectivity index (χ2n) is 8.18. The van der Waals surface area contributed by atoms with Gasteiger partial charge < -0.3 is 14.5 Å². The molecule has 0 aromatic heterocycles. The topological polar surface area (TPSA) is 73.4 Å². The summed E-state index contributed by atoms with van der Waals surface area (Å²) in [5, 5.41) is 0. The number of hydrogen-bond donors (Lipinski definition) is 0. The van der Waals surface area contributed by atoms with Gasteiger partial charge in [-0.2, -0.15) is 17.0 Å². The zero-order chi connectivity index (χ0) is 20.0. The lowest BCUT2D eigenvalue weighted by atomic mass is 9.96. The Morgan fingerprint density at radius 2 is 1.61 bits per heavy atom. The van der Waals surface area contributed by atoms with Gasteiger partial charge in [0.1, 0.15) is 0 Å². The quantitative estimate of drug-likeness (QED) is 0.634. The fraction of sp³-hybridized carbons (Fsp3) is 0.947. The largest absolute Gasteiger partial charge is 0.383 e. The molecular weight excluding hydrogens is 380 g/mol. The molecule has 3 aliphatic heterocycles. The fourth-order valence-electron chi connectivity index (χ4n) is 4.54. The lowest BCUT2D eigenvalue weighted by Gasteiger charge is -2.34. The van der Waals surface area contributed by atoms with Crippen LogP contribution in [0.2, 0.25) is 0 Å². The van der Waals surface area contributed by atoms with Crippen LogP contribution in [0, 0.1) is 5.92 Å². The van der Waals surface area contributed by atoms with Crippen LogP contribution in [0.5, 0.6) is 0 Å². The highest BCUT2D eigenvalue weighted by Gasteiger charge is 2.34. The number of carbonyl (C=O) groups excluding carboxylic acids is 1. The lowest BCUT2D eigenvalue weighted by molar-refractivity contribution is -0.137. The van der Waals surface area contributed by atoms with Gasteiger partial charge in [-0.15, -0.1) is 0 Å². The van der Waals surface area contributed by atoms with Gasteiger partial charge in [-0.1, -0.05) is 6.42 Å². The van der Waals surface area contributed by atoms with E-state index in [0.717, 1.165) is 51.7 Å². The molecule has 0 bridgehead atoms. The van der Waals surface area contributed by atoms with Gasteiger partial charge in [-0.3, -0.25) is 4.79 Å². The van der Waals surface area contributed by atoms with Gasteiger partial charge in [-0.25, -0.2) is 0 Å². The predicted molar refractivity (Wildman–Crippen MR) is 108 cm³/mol. The Balaban J connectivity index is 1.55. The van der Waals surface area contributed by atoms with E-state index in [0.29, 0.717) is 52.3 Å². The molecule has 1 amide bonds. The molecule has 0 aliphatic carbocycles. The third-order valence-corrected chi connectivity index (χ3v) is 8.24. The normalized spacial score (nSPS) is 26.9. The minimum absolute atomic E-state index is 0.0239. The second-order valence-corrected chi connectivity index (χ2v) is 10.1. The van der Waals surface area contributed by atoms with Gasteiger partial charge in [0, 0.05) is 59.5 Å². The minimum atomic E-state index is -3.39. The Morgan fingerprint density at radius 3 is 2.36 bits per heavy atom. The Morgan fingerprint density at radius 1 is 0.893 bits per heavy atom. The maximum atomic E-state index is 13.1. The highest BCUT2D eigenvalue weighted by molar-refractivity contribution is 7.86. The van der Waals surface area contributed by atoms with E-state index >= 15 is 0 Å². The number of piperidine rings is 2. The van der Waals surface area contributed by atoms with E-state index in [1.54, 1.807) is 15.7 Å². The zero-order valence-electron chi connectivity index (χ0n) is 17.2. The Hall–Kier alpha value is -0.740. The van der Waals surface area contributed by atoms with Gasteiger partial charge in [0.05, 0.1) is 12.5 Å². The van der Waals surface area contributed by atoms with Crippen LogP contribution >= 0.6 is 0 Å². The van der Waals surface area contributed by atoms with E-state index < -0.39 is 10.2 Å². The van der Waals surface area contributed by atoms with Crippen LogP contribution in [-0.4, -0.2) is 105 Å². The second kappa shape index (κ2) is 10.3. The summed E-state index contributed by atoms with van der Waals surface area (Å²) in [6.07, 6.45) is 5.66. The van der Waals surface area contributed by atoms with Crippen molar-refractivity contribution in [2.75, 3.05) is 72.6 Å². The van der Waals surface area contributed by atoms with Crippen molar-refractivity contribution in [1.29, 1.82) is 0 Å². The molecule has 3 fully saturated rings. The van der Waals surface area contributed by atoms with E-state index in [1.807, 2.05) is 4.90 Å². The number of nitrogens with zero attached hydrogens (tertiary/aromatic N) is 4. The molecule has 0 aromatic carbocycles. The summed E-state index contributed by atoms with van der Waals surface area (Å²) in [6.45, 7) is 6.68. The van der Waals surface area contributed by atoms with Crippen molar-refractivity contribution < 1.29 is 17.9 Å². The molecule has 162 valence electrons. The summed E-state index contributed by atoms with van der Waals surface area (Å²) in [4.78, 5) is 17.3. The molecule has 8 nitrogen and oxygen atoms in total. The third kappa shape index (κ3) is 5.44. The van der Waals surface area contributed by atoms with E-state index in [4.69, 9.17) is 4.74 Å². The summed E-state index contributed by atoms with van der Waals surface area (Å²) >= 11 is 0. The van der Waals surface area contributed by atoms with Crippen LogP contribution in [0.4, 0.5) is 0 Å². The highest BCUT2D eigenvalue weighted by Crippen LogP contribution is 2.22. The van der Waals surface area contributed by atoms with E-state index in [1.165, 1.54) is 0 Å². The van der Waals surface area contributed by atoms with Gasteiger partial charge in [-0.05, 0) is 38.6 Å². The minimum Gasteiger partial charge on any atom is -0.383 e. The first-order chi connectivity index (χ1) is 13.5. The summed E-state index contributed by atoms with van der Waals surface area (Å²) in [5.74, 6) is 0.218. The smallest absolute Gasteiger partial charge is 0.282 e. The monoisotopic (exact) mass is 416 g/mol. The van der Waals surface area contributed by atoms with Crippen molar-refractivity contribution in [3.8, 4) is 0 Å². The van der Waals surface area contributed by atoms with Crippen molar-refractivity contribution in [3.63, 3.8) is 0 Å². The molecule has 0 N–H and O–H groups in total. The van der Waals surface area contributed by atoms with Crippen LogP contribution < -0.4 is 0 Å².